The average molecular weight is 273 g/mol. The van der Waals surface area contributed by atoms with Crippen LogP contribution in [0.1, 0.15) is 63.0 Å². The van der Waals surface area contributed by atoms with Crippen molar-refractivity contribution >= 4 is 0 Å². The Hall–Kier alpha value is -0.860. The Morgan fingerprint density at radius 1 is 1.10 bits per heavy atom. The van der Waals surface area contributed by atoms with Gasteiger partial charge in [-0.3, -0.25) is 0 Å². The minimum Gasteiger partial charge on any atom is -0.385 e. The van der Waals surface area contributed by atoms with Gasteiger partial charge in [-0.05, 0) is 56.6 Å². The van der Waals surface area contributed by atoms with Crippen LogP contribution >= 0.6 is 0 Å². The van der Waals surface area contributed by atoms with Gasteiger partial charge in [0.1, 0.15) is 0 Å². The van der Waals surface area contributed by atoms with Gasteiger partial charge in [-0.1, -0.05) is 30.7 Å². The first kappa shape index (κ1) is 14.1. The highest BCUT2D eigenvalue weighted by molar-refractivity contribution is 5.30. The Bertz CT molecular complexity index is 439. The van der Waals surface area contributed by atoms with Gasteiger partial charge < -0.3 is 10.0 Å². The van der Waals surface area contributed by atoms with Crippen LogP contribution in [0.2, 0.25) is 0 Å². The molecule has 0 aromatic heterocycles. The summed E-state index contributed by atoms with van der Waals surface area (Å²) in [5.74, 6) is 0.779. The summed E-state index contributed by atoms with van der Waals surface area (Å²) in [5, 5.41) is 10.9. The largest absolute Gasteiger partial charge is 0.385 e. The van der Waals surface area contributed by atoms with E-state index in [1.165, 1.54) is 24.8 Å². The van der Waals surface area contributed by atoms with Gasteiger partial charge in [-0.15, -0.1) is 0 Å². The Balaban J connectivity index is 1.69. The van der Waals surface area contributed by atoms with Crippen LogP contribution < -0.4 is 0 Å². The number of aliphatic hydroxyl groups is 1. The average Bonchev–Trinajstić information content (AvgIpc) is 2.38. The lowest BCUT2D eigenvalue weighted by atomic mass is 9.78. The smallest absolute Gasteiger partial charge is 0.0920 e. The third-order valence-corrected chi connectivity index (χ3v) is 5.38. The molecule has 0 spiro atoms. The molecule has 1 saturated heterocycles. The van der Waals surface area contributed by atoms with Gasteiger partial charge in [-0.2, -0.15) is 0 Å². The number of rotatable bonds is 3. The standard InChI is InChI=1S/C18H27NO/c1-14(2)19-12-10-18(20,11-13-19)17-8-6-16(7-9-17)15-4-3-5-15/h6-9,14-15,20H,3-5,10-13H2,1-2H3. The molecule has 1 N–H and O–H groups in total. The van der Waals surface area contributed by atoms with Crippen LogP contribution in [0.5, 0.6) is 0 Å². The van der Waals surface area contributed by atoms with Crippen molar-refractivity contribution in [2.45, 2.75) is 63.5 Å². The molecule has 0 radical (unpaired) electrons. The lowest BCUT2D eigenvalue weighted by Gasteiger charge is -2.40. The monoisotopic (exact) mass is 273 g/mol. The molecule has 0 bridgehead atoms. The van der Waals surface area contributed by atoms with Crippen LogP contribution in [-0.2, 0) is 5.60 Å². The maximum Gasteiger partial charge on any atom is 0.0920 e. The molecule has 1 aliphatic carbocycles. The molecule has 1 heterocycles. The third kappa shape index (κ3) is 2.64. The molecule has 20 heavy (non-hydrogen) atoms. The van der Waals surface area contributed by atoms with Crippen LogP contribution in [0.25, 0.3) is 0 Å². The minimum absolute atomic E-state index is 0.584. The molecule has 1 aromatic carbocycles. The number of piperidine rings is 1. The zero-order valence-corrected chi connectivity index (χ0v) is 12.8. The topological polar surface area (TPSA) is 23.5 Å². The second kappa shape index (κ2) is 5.50. The molecule has 2 heteroatoms. The van der Waals surface area contributed by atoms with Crippen LogP contribution in [0.15, 0.2) is 24.3 Å². The summed E-state index contributed by atoms with van der Waals surface area (Å²) in [6, 6.07) is 9.40. The first-order chi connectivity index (χ1) is 9.58. The number of hydrogen-bond donors (Lipinski definition) is 1. The highest BCUT2D eigenvalue weighted by Crippen LogP contribution is 2.38. The quantitative estimate of drug-likeness (QED) is 0.908. The highest BCUT2D eigenvalue weighted by Gasteiger charge is 2.34. The number of hydrogen-bond acceptors (Lipinski definition) is 2. The first-order valence-electron chi connectivity index (χ1n) is 8.15. The second-order valence-electron chi connectivity index (χ2n) is 6.91. The van der Waals surface area contributed by atoms with Crippen molar-refractivity contribution in [1.29, 1.82) is 0 Å². The second-order valence-corrected chi connectivity index (χ2v) is 6.91. The Labute approximate surface area is 122 Å². The lowest BCUT2D eigenvalue weighted by molar-refractivity contribution is -0.0324. The number of likely N-dealkylation sites (tertiary alicyclic amines) is 1. The van der Waals surface area contributed by atoms with Crippen LogP contribution in [-0.4, -0.2) is 29.1 Å². The number of nitrogens with zero attached hydrogens (tertiary/aromatic N) is 1. The zero-order chi connectivity index (χ0) is 14.2. The SMILES string of the molecule is CC(C)N1CCC(O)(c2ccc(C3CCC3)cc2)CC1. The molecule has 2 aliphatic rings. The molecule has 1 aliphatic heterocycles. The van der Waals surface area contributed by atoms with Gasteiger partial charge in [0.05, 0.1) is 5.60 Å². The summed E-state index contributed by atoms with van der Waals surface area (Å²) in [5.41, 5.74) is 1.97. The van der Waals surface area contributed by atoms with E-state index in [4.69, 9.17) is 0 Å². The number of benzene rings is 1. The third-order valence-electron chi connectivity index (χ3n) is 5.38. The van der Waals surface area contributed by atoms with Crippen LogP contribution in [0, 0.1) is 0 Å². The fraction of sp³-hybridized carbons (Fsp3) is 0.667. The predicted molar refractivity (Wildman–Crippen MR) is 82.9 cm³/mol. The molecule has 0 amide bonds. The molecule has 110 valence electrons. The van der Waals surface area contributed by atoms with E-state index in [0.29, 0.717) is 6.04 Å². The summed E-state index contributed by atoms with van der Waals surface area (Å²) >= 11 is 0. The van der Waals surface area contributed by atoms with Crippen LogP contribution in [0.4, 0.5) is 0 Å². The van der Waals surface area contributed by atoms with Gasteiger partial charge in [0.15, 0.2) is 0 Å². The minimum atomic E-state index is -0.608. The molecule has 0 atom stereocenters. The first-order valence-corrected chi connectivity index (χ1v) is 8.15. The van der Waals surface area contributed by atoms with E-state index in [9.17, 15) is 5.11 Å². The van der Waals surface area contributed by atoms with Gasteiger partial charge in [0.2, 0.25) is 0 Å². The van der Waals surface area contributed by atoms with E-state index in [0.717, 1.165) is 37.4 Å². The van der Waals surface area contributed by atoms with E-state index in [1.54, 1.807) is 0 Å². The maximum absolute atomic E-state index is 10.9. The summed E-state index contributed by atoms with van der Waals surface area (Å²) in [7, 11) is 0. The molecule has 2 fully saturated rings. The fourth-order valence-corrected chi connectivity index (χ4v) is 3.51. The zero-order valence-electron chi connectivity index (χ0n) is 12.8. The molecule has 1 saturated carbocycles. The molecule has 2 nitrogen and oxygen atoms in total. The Morgan fingerprint density at radius 2 is 1.70 bits per heavy atom. The molecule has 3 rings (SSSR count). The van der Waals surface area contributed by atoms with Gasteiger partial charge in [0, 0.05) is 19.1 Å². The Morgan fingerprint density at radius 3 is 2.15 bits per heavy atom. The summed E-state index contributed by atoms with van der Waals surface area (Å²) in [4.78, 5) is 2.46. The summed E-state index contributed by atoms with van der Waals surface area (Å²) in [6.07, 6.45) is 5.77. The van der Waals surface area contributed by atoms with Crippen molar-refractivity contribution in [3.8, 4) is 0 Å². The van der Waals surface area contributed by atoms with Gasteiger partial charge >= 0.3 is 0 Å². The van der Waals surface area contributed by atoms with E-state index >= 15 is 0 Å². The van der Waals surface area contributed by atoms with Crippen molar-refractivity contribution in [2.75, 3.05) is 13.1 Å². The Kier molecular flexibility index (Phi) is 3.87. The maximum atomic E-state index is 10.9. The fourth-order valence-electron chi connectivity index (χ4n) is 3.51. The summed E-state index contributed by atoms with van der Waals surface area (Å²) in [6.45, 7) is 6.46. The van der Waals surface area contributed by atoms with Gasteiger partial charge in [-0.25, -0.2) is 0 Å². The lowest BCUT2D eigenvalue weighted by Crippen LogP contribution is -2.45. The van der Waals surface area contributed by atoms with Crippen molar-refractivity contribution in [2.24, 2.45) is 0 Å². The predicted octanol–water partition coefficient (Wildman–Crippen LogP) is 3.65. The molecule has 0 unspecified atom stereocenters. The van der Waals surface area contributed by atoms with Gasteiger partial charge in [0.25, 0.3) is 0 Å². The normalized spacial score (nSPS) is 23.8. The van der Waals surface area contributed by atoms with Crippen molar-refractivity contribution in [1.82, 2.24) is 4.90 Å². The molecular weight excluding hydrogens is 246 g/mol. The van der Waals surface area contributed by atoms with E-state index in [2.05, 4.69) is 43.0 Å². The summed E-state index contributed by atoms with van der Waals surface area (Å²) < 4.78 is 0. The van der Waals surface area contributed by atoms with Crippen molar-refractivity contribution in [3.63, 3.8) is 0 Å². The molecular formula is C18H27NO. The van der Waals surface area contributed by atoms with Crippen molar-refractivity contribution < 1.29 is 5.11 Å². The van der Waals surface area contributed by atoms with E-state index in [-0.39, 0.29) is 0 Å². The molecule has 1 aromatic rings. The van der Waals surface area contributed by atoms with Crippen LogP contribution in [0.3, 0.4) is 0 Å². The van der Waals surface area contributed by atoms with E-state index in [1.807, 2.05) is 0 Å². The highest BCUT2D eigenvalue weighted by atomic mass is 16.3. The van der Waals surface area contributed by atoms with E-state index < -0.39 is 5.60 Å². The van der Waals surface area contributed by atoms with Crippen molar-refractivity contribution in [3.05, 3.63) is 35.4 Å².